The van der Waals surface area contributed by atoms with Crippen molar-refractivity contribution in [3.05, 3.63) is 115 Å². The van der Waals surface area contributed by atoms with Crippen molar-refractivity contribution in [3.8, 4) is 5.75 Å². The van der Waals surface area contributed by atoms with Crippen LogP contribution in [0.2, 0.25) is 0 Å². The molecule has 3 aromatic carbocycles. The predicted molar refractivity (Wildman–Crippen MR) is 187 cm³/mol. The molecule has 0 atom stereocenters. The number of ether oxygens (including phenoxy) is 1. The largest absolute Gasteiger partial charge is 0.482 e. The number of hydrogen-bond donors (Lipinski definition) is 1. The van der Waals surface area contributed by atoms with Crippen LogP contribution < -0.4 is 10.1 Å². The summed E-state index contributed by atoms with van der Waals surface area (Å²) < 4.78 is 7.69. The summed E-state index contributed by atoms with van der Waals surface area (Å²) in [6.45, 7) is 8.89. The monoisotopic (exact) mass is 744 g/mol. The Morgan fingerprint density at radius 1 is 0.826 bits per heavy atom. The number of anilines is 1. The number of nitrogens with one attached hydrogen (secondary N) is 1. The van der Waals surface area contributed by atoms with Gasteiger partial charge in [-0.1, -0.05) is 92.2 Å². The Hall–Kier alpha value is -3.49. The van der Waals surface area contributed by atoms with Crippen molar-refractivity contribution >= 4 is 55.0 Å². The molecular weight excluding hydrogens is 708 g/mol. The van der Waals surface area contributed by atoms with E-state index < -0.39 is 5.92 Å². The average Bonchev–Trinajstić information content (AvgIpc) is 2.97. The zero-order chi connectivity index (χ0) is 32.8. The number of allylic oxidation sites excluding steroid dienone is 4. The van der Waals surface area contributed by atoms with Gasteiger partial charge in [-0.25, -0.2) is 0 Å². The van der Waals surface area contributed by atoms with Gasteiger partial charge in [-0.3, -0.25) is 14.4 Å². The van der Waals surface area contributed by atoms with Crippen molar-refractivity contribution in [1.29, 1.82) is 0 Å². The second kappa shape index (κ2) is 12.6. The Morgan fingerprint density at radius 2 is 1.37 bits per heavy atom. The first kappa shape index (κ1) is 32.5. The van der Waals surface area contributed by atoms with Crippen molar-refractivity contribution in [1.82, 2.24) is 4.90 Å². The summed E-state index contributed by atoms with van der Waals surface area (Å²) in [5.74, 6) is -0.396. The molecule has 0 spiro atoms. The third kappa shape index (κ3) is 6.65. The molecule has 0 aromatic heterocycles. The van der Waals surface area contributed by atoms with E-state index in [-0.39, 0.29) is 34.9 Å². The minimum Gasteiger partial charge on any atom is -0.482 e. The van der Waals surface area contributed by atoms with Crippen LogP contribution in [0.3, 0.4) is 0 Å². The van der Waals surface area contributed by atoms with Crippen LogP contribution in [0.4, 0.5) is 5.69 Å². The van der Waals surface area contributed by atoms with Crippen LogP contribution in [0.15, 0.2) is 104 Å². The van der Waals surface area contributed by atoms with Gasteiger partial charge in [0.05, 0.1) is 4.47 Å². The summed E-state index contributed by atoms with van der Waals surface area (Å²) in [5, 5.41) is 2.87. The number of carbonyl (C=O) groups excluding carboxylic acids is 3. The summed E-state index contributed by atoms with van der Waals surface area (Å²) in [6.07, 6.45) is 2.17. The van der Waals surface area contributed by atoms with Gasteiger partial charge in [0.1, 0.15) is 5.75 Å². The summed E-state index contributed by atoms with van der Waals surface area (Å²) >= 11 is 7.34. The lowest BCUT2D eigenvalue weighted by atomic mass is 9.63. The lowest BCUT2D eigenvalue weighted by Gasteiger charge is -2.49. The maximum Gasteiger partial charge on any atom is 0.262 e. The van der Waals surface area contributed by atoms with Crippen LogP contribution >= 0.6 is 31.9 Å². The Labute approximate surface area is 287 Å². The first-order chi connectivity index (χ1) is 21.8. The summed E-state index contributed by atoms with van der Waals surface area (Å²) in [6, 6.07) is 23.2. The van der Waals surface area contributed by atoms with Gasteiger partial charge in [0.25, 0.3) is 5.91 Å². The fourth-order valence-electron chi connectivity index (χ4n) is 7.12. The SMILES string of the molecule is CC1(C)CC(=O)C2=C(C1)N(Cc1ccccc1)C1=C(C(=O)CC(C)(C)C1)C2c1cc(Br)cc(Br)c1OCC(=O)Nc1ccccc1. The molecule has 0 saturated carbocycles. The van der Waals surface area contributed by atoms with Crippen LogP contribution in [0.25, 0.3) is 0 Å². The zero-order valence-corrected chi connectivity index (χ0v) is 29.8. The van der Waals surface area contributed by atoms with E-state index in [0.717, 1.165) is 21.4 Å². The second-order valence-electron chi connectivity index (χ2n) is 14.1. The molecule has 0 bridgehead atoms. The van der Waals surface area contributed by atoms with Crippen molar-refractivity contribution in [2.75, 3.05) is 11.9 Å². The van der Waals surface area contributed by atoms with Crippen LogP contribution in [0, 0.1) is 10.8 Å². The summed E-state index contributed by atoms with van der Waals surface area (Å²) in [7, 11) is 0. The number of ketones is 2. The molecular formula is C38H38Br2N2O4. The van der Waals surface area contributed by atoms with Gasteiger partial charge in [-0.2, -0.15) is 0 Å². The maximum absolute atomic E-state index is 14.3. The van der Waals surface area contributed by atoms with Crippen LogP contribution in [-0.4, -0.2) is 29.0 Å². The fourth-order valence-corrected chi connectivity index (χ4v) is 8.49. The van der Waals surface area contributed by atoms with Crippen molar-refractivity contribution in [2.45, 2.75) is 65.8 Å². The smallest absolute Gasteiger partial charge is 0.262 e. The maximum atomic E-state index is 14.3. The third-order valence-electron chi connectivity index (χ3n) is 8.96. The number of amides is 1. The van der Waals surface area contributed by atoms with E-state index in [9.17, 15) is 14.4 Å². The standard InChI is InChI=1S/C38H38Br2N2O4/c1-37(2)17-28-34(30(43)19-37)33(35-29(18-38(3,4)20-31(35)44)42(28)21-23-11-7-5-8-12-23)26-15-24(39)16-27(40)36(26)46-22-32(45)41-25-13-9-6-10-14-25/h5-16,33H,17-22H2,1-4H3,(H,41,45). The van der Waals surface area contributed by atoms with Crippen molar-refractivity contribution in [2.24, 2.45) is 10.8 Å². The Kier molecular flexibility index (Phi) is 8.89. The summed E-state index contributed by atoms with van der Waals surface area (Å²) in [4.78, 5) is 43.9. The number of halogens is 2. The second-order valence-corrected chi connectivity index (χ2v) is 15.9. The lowest BCUT2D eigenvalue weighted by molar-refractivity contribution is -0.120. The average molecular weight is 747 g/mol. The molecule has 6 rings (SSSR count). The molecule has 46 heavy (non-hydrogen) atoms. The van der Waals surface area contributed by atoms with Gasteiger partial charge >= 0.3 is 0 Å². The molecule has 1 amide bonds. The minimum atomic E-state index is -0.620. The van der Waals surface area contributed by atoms with Gasteiger partial charge in [-0.15, -0.1) is 0 Å². The topological polar surface area (TPSA) is 75.7 Å². The quantitative estimate of drug-likeness (QED) is 0.261. The van der Waals surface area contributed by atoms with Gasteiger partial charge < -0.3 is 15.0 Å². The van der Waals surface area contributed by atoms with Crippen molar-refractivity contribution in [3.63, 3.8) is 0 Å². The highest BCUT2D eigenvalue weighted by Crippen LogP contribution is 2.56. The number of benzene rings is 3. The minimum absolute atomic E-state index is 0.0439. The van der Waals surface area contributed by atoms with E-state index in [4.69, 9.17) is 4.74 Å². The molecule has 8 heteroatoms. The normalized spacial score (nSPS) is 19.1. The van der Waals surface area contributed by atoms with Gasteiger partial charge in [0.2, 0.25) is 0 Å². The van der Waals surface area contributed by atoms with E-state index >= 15 is 0 Å². The van der Waals surface area contributed by atoms with Crippen molar-refractivity contribution < 1.29 is 19.1 Å². The lowest BCUT2D eigenvalue weighted by Crippen LogP contribution is -2.44. The zero-order valence-electron chi connectivity index (χ0n) is 26.6. The van der Waals surface area contributed by atoms with Gasteiger partial charge in [-0.05, 0) is 69.4 Å². The van der Waals surface area contributed by atoms with E-state index in [1.165, 1.54) is 0 Å². The molecule has 3 aromatic rings. The fraction of sp³-hybridized carbons (Fsp3) is 0.342. The molecule has 1 N–H and O–H groups in total. The molecule has 3 aliphatic rings. The number of Topliss-reactive ketones (excluding diaryl/α,β-unsaturated/α-hetero) is 2. The first-order valence-corrected chi connectivity index (χ1v) is 17.2. The van der Waals surface area contributed by atoms with E-state index in [1.54, 1.807) is 0 Å². The van der Waals surface area contributed by atoms with Crippen LogP contribution in [0.1, 0.15) is 70.4 Å². The highest BCUT2D eigenvalue weighted by Gasteiger charge is 2.49. The number of carbonyl (C=O) groups is 3. The number of para-hydroxylation sites is 1. The molecule has 0 radical (unpaired) electrons. The molecule has 238 valence electrons. The van der Waals surface area contributed by atoms with Crippen LogP contribution in [-0.2, 0) is 20.9 Å². The van der Waals surface area contributed by atoms with E-state index in [0.29, 0.717) is 64.8 Å². The predicted octanol–water partition coefficient (Wildman–Crippen LogP) is 9.11. The Balaban J connectivity index is 1.51. The number of nitrogens with zero attached hydrogens (tertiary/aromatic N) is 1. The number of rotatable bonds is 7. The molecule has 0 saturated heterocycles. The Bertz CT molecular complexity index is 1720. The molecule has 0 unspecified atom stereocenters. The highest BCUT2D eigenvalue weighted by molar-refractivity contribution is 9.11. The third-order valence-corrected chi connectivity index (χ3v) is 10.0. The molecule has 0 fully saturated rings. The summed E-state index contributed by atoms with van der Waals surface area (Å²) in [5.41, 5.74) is 5.26. The first-order valence-electron chi connectivity index (χ1n) is 15.6. The highest BCUT2D eigenvalue weighted by atomic mass is 79.9. The molecule has 6 nitrogen and oxygen atoms in total. The van der Waals surface area contributed by atoms with E-state index in [2.05, 4.69) is 81.9 Å². The van der Waals surface area contributed by atoms with Gasteiger partial charge in [0.15, 0.2) is 18.2 Å². The number of hydrogen-bond acceptors (Lipinski definition) is 5. The van der Waals surface area contributed by atoms with Gasteiger partial charge in [0, 0.05) is 63.6 Å². The van der Waals surface area contributed by atoms with Crippen LogP contribution in [0.5, 0.6) is 5.75 Å². The molecule has 1 heterocycles. The molecule has 1 aliphatic heterocycles. The van der Waals surface area contributed by atoms with E-state index in [1.807, 2.05) is 60.7 Å². The Morgan fingerprint density at radius 3 is 1.93 bits per heavy atom. The molecule has 2 aliphatic carbocycles.